The third-order valence-electron chi connectivity index (χ3n) is 14.8. The van der Waals surface area contributed by atoms with Crippen LogP contribution in [0.15, 0.2) is 60.9 Å². The molecule has 0 nitrogen and oxygen atoms in total. The van der Waals surface area contributed by atoms with E-state index >= 15 is 0 Å². The second kappa shape index (κ2) is 43.7. The van der Waals surface area contributed by atoms with Crippen LogP contribution in [0.4, 0.5) is 0 Å². The van der Waals surface area contributed by atoms with Crippen molar-refractivity contribution in [3.05, 3.63) is 42.0 Å². The second-order valence-corrected chi connectivity index (χ2v) is 27.0. The first-order chi connectivity index (χ1) is 35.1. The zero-order chi connectivity index (χ0) is 50.4. The molecule has 0 aliphatic carbocycles. The molecule has 4 aromatic carbocycles. The average Bonchev–Trinajstić information content (AvgIpc) is 3.38. The van der Waals surface area contributed by atoms with E-state index in [1.54, 1.807) is 30.0 Å². The number of thioether (sulfide) groups is 5. The number of hydrogen-bond donors (Lipinski definition) is 0. The van der Waals surface area contributed by atoms with Crippen molar-refractivity contribution in [2.24, 2.45) is 0 Å². The summed E-state index contributed by atoms with van der Waals surface area (Å²) in [5.41, 5.74) is 1.62. The standard InChI is InChI=1S/C66H108S5.H2S/c1-7-13-19-25-31-37-43-55-49-56-57(50-62(55)67-44-38-32-26-20-14-8-2)59-52-64(69-46-40-34-28-22-16-10-4)66(71-48-42-36-30-24-18-12-6)54-61(59)60-53-65(70-47-41-35-29-23-17-11-5)63(51-58(56)60)68-45-39-33-27-21-15-9-3;/h49-54H,7-48H2,1-6H3;1H2. The Morgan fingerprint density at radius 3 is 0.681 bits per heavy atom. The van der Waals surface area contributed by atoms with Gasteiger partial charge in [0, 0.05) is 24.5 Å². The molecule has 0 aliphatic rings. The first-order valence-electron chi connectivity index (χ1n) is 30.8. The summed E-state index contributed by atoms with van der Waals surface area (Å²) in [6.07, 6.45) is 50.3. The van der Waals surface area contributed by atoms with Crippen LogP contribution in [0, 0.1) is 0 Å². The van der Waals surface area contributed by atoms with Gasteiger partial charge in [0.25, 0.3) is 0 Å². The quantitative estimate of drug-likeness (QED) is 0.0245. The molecule has 0 fully saturated rings. The Balaban J connectivity index is 0.0000137. The third kappa shape index (κ3) is 25.9. The maximum atomic E-state index is 2.74. The van der Waals surface area contributed by atoms with Gasteiger partial charge in [-0.25, -0.2) is 0 Å². The fourth-order valence-corrected chi connectivity index (χ4v) is 16.0. The minimum atomic E-state index is 0. The molecular weight excluding hydrogens is 985 g/mol. The molecule has 0 N–H and O–H groups in total. The van der Waals surface area contributed by atoms with Gasteiger partial charge in [-0.05, 0) is 148 Å². The van der Waals surface area contributed by atoms with E-state index in [9.17, 15) is 0 Å². The molecule has 0 heterocycles. The number of unbranched alkanes of at least 4 members (excludes halogenated alkanes) is 30. The van der Waals surface area contributed by atoms with E-state index in [1.807, 2.05) is 0 Å². The maximum absolute atomic E-state index is 2.74. The Morgan fingerprint density at radius 2 is 0.417 bits per heavy atom. The van der Waals surface area contributed by atoms with E-state index in [1.165, 1.54) is 299 Å². The van der Waals surface area contributed by atoms with Crippen LogP contribution in [-0.4, -0.2) is 28.8 Å². The molecule has 4 aromatic rings. The molecule has 0 atom stereocenters. The SMILES string of the molecule is CCCCCCCCSc1cc2c(cc1CCCCCCCC)c1cc(SCCCCCCCC)c(SCCCCCCCC)cc1c1cc(SCCCCCCCC)c(SCCCCCCCC)cc21.S. The van der Waals surface area contributed by atoms with Crippen LogP contribution in [0.5, 0.6) is 0 Å². The highest BCUT2D eigenvalue weighted by molar-refractivity contribution is 8.02. The molecule has 0 aliphatic heterocycles. The summed E-state index contributed by atoms with van der Waals surface area (Å²) in [4.78, 5) is 7.76. The normalized spacial score (nSPS) is 11.8. The lowest BCUT2D eigenvalue weighted by molar-refractivity contribution is 0.606. The Morgan fingerprint density at radius 1 is 0.222 bits per heavy atom. The average molecular weight is 1100 g/mol. The molecule has 4 rings (SSSR count). The Bertz CT molecular complexity index is 1900. The summed E-state index contributed by atoms with van der Waals surface area (Å²) in [5, 5.41) is 9.07. The summed E-state index contributed by atoms with van der Waals surface area (Å²) in [5.74, 6) is 6.16. The second-order valence-electron chi connectivity index (χ2n) is 21.3. The van der Waals surface area contributed by atoms with Gasteiger partial charge in [-0.2, -0.15) is 13.5 Å². The van der Waals surface area contributed by atoms with Crippen LogP contribution in [-0.2, 0) is 6.42 Å². The molecule has 0 saturated heterocycles. The smallest absolute Gasteiger partial charge is 0.0215 e. The molecule has 0 spiro atoms. The van der Waals surface area contributed by atoms with E-state index in [2.05, 4.69) is 137 Å². The zero-order valence-electron chi connectivity index (χ0n) is 47.7. The van der Waals surface area contributed by atoms with Gasteiger partial charge in [-0.1, -0.05) is 234 Å². The first-order valence-corrected chi connectivity index (χ1v) is 35.7. The van der Waals surface area contributed by atoms with Crippen molar-refractivity contribution < 1.29 is 0 Å². The van der Waals surface area contributed by atoms with Crippen molar-refractivity contribution in [2.75, 3.05) is 28.8 Å². The van der Waals surface area contributed by atoms with E-state index in [0.29, 0.717) is 0 Å². The maximum Gasteiger partial charge on any atom is 0.0215 e. The van der Waals surface area contributed by atoms with Crippen LogP contribution >= 0.6 is 72.3 Å². The summed E-state index contributed by atoms with van der Waals surface area (Å²) in [6, 6.07) is 16.3. The first kappa shape index (κ1) is 66.0. The fraction of sp³-hybridized carbons (Fsp3) is 0.727. The molecule has 0 bridgehead atoms. The lowest BCUT2D eigenvalue weighted by atomic mass is 9.92. The van der Waals surface area contributed by atoms with Crippen LogP contribution in [0.25, 0.3) is 32.3 Å². The van der Waals surface area contributed by atoms with Crippen LogP contribution in [0.2, 0.25) is 0 Å². The molecular formula is C66H110S6. The monoisotopic (exact) mass is 1090 g/mol. The summed E-state index contributed by atoms with van der Waals surface area (Å²) >= 11 is 10.9. The van der Waals surface area contributed by atoms with Crippen LogP contribution in [0.1, 0.15) is 278 Å². The third-order valence-corrected chi connectivity index (χ3v) is 20.8. The molecule has 72 heavy (non-hydrogen) atoms. The van der Waals surface area contributed by atoms with Crippen molar-refractivity contribution >= 4 is 105 Å². The highest BCUT2D eigenvalue weighted by atomic mass is 32.2. The van der Waals surface area contributed by atoms with Gasteiger partial charge in [0.05, 0.1) is 0 Å². The number of benzene rings is 4. The largest absolute Gasteiger partial charge is 0.197 e. The molecule has 0 aromatic heterocycles. The molecule has 0 unspecified atom stereocenters. The lowest BCUT2D eigenvalue weighted by Crippen LogP contribution is -1.96. The molecule has 0 amide bonds. The summed E-state index contributed by atoms with van der Waals surface area (Å²) in [7, 11) is 0. The van der Waals surface area contributed by atoms with Gasteiger partial charge >= 0.3 is 0 Å². The molecule has 6 heteroatoms. The van der Waals surface area contributed by atoms with Crippen molar-refractivity contribution in [1.82, 2.24) is 0 Å². The van der Waals surface area contributed by atoms with Crippen LogP contribution < -0.4 is 0 Å². The molecule has 0 saturated carbocycles. The van der Waals surface area contributed by atoms with Gasteiger partial charge in [0.15, 0.2) is 0 Å². The van der Waals surface area contributed by atoms with Crippen molar-refractivity contribution in [3.63, 3.8) is 0 Å². The Labute approximate surface area is 475 Å². The minimum Gasteiger partial charge on any atom is -0.197 e. The van der Waals surface area contributed by atoms with E-state index in [0.717, 1.165) is 0 Å². The topological polar surface area (TPSA) is 0 Å². The van der Waals surface area contributed by atoms with E-state index < -0.39 is 0 Å². The number of hydrogen-bond acceptors (Lipinski definition) is 5. The van der Waals surface area contributed by atoms with Crippen molar-refractivity contribution in [1.29, 1.82) is 0 Å². The number of fused-ring (bicyclic) bond motifs is 6. The lowest BCUT2D eigenvalue weighted by Gasteiger charge is -2.20. The van der Waals surface area contributed by atoms with Gasteiger partial charge in [-0.15, -0.1) is 58.8 Å². The minimum absolute atomic E-state index is 0. The number of aryl methyl sites for hydroxylation is 1. The highest BCUT2D eigenvalue weighted by Gasteiger charge is 2.19. The summed E-state index contributed by atoms with van der Waals surface area (Å²) < 4.78 is 0. The highest BCUT2D eigenvalue weighted by Crippen LogP contribution is 2.47. The van der Waals surface area contributed by atoms with Crippen molar-refractivity contribution in [3.8, 4) is 0 Å². The predicted molar refractivity (Wildman–Crippen MR) is 347 cm³/mol. The fourth-order valence-electron chi connectivity index (χ4n) is 10.3. The Hall–Kier alpha value is -0.240. The molecule has 0 radical (unpaired) electrons. The molecule has 410 valence electrons. The van der Waals surface area contributed by atoms with E-state index in [4.69, 9.17) is 0 Å². The van der Waals surface area contributed by atoms with Crippen molar-refractivity contribution in [2.45, 2.75) is 304 Å². The Kier molecular flexibility index (Phi) is 40.1. The zero-order valence-corrected chi connectivity index (χ0v) is 52.8. The number of rotatable bonds is 47. The van der Waals surface area contributed by atoms with Gasteiger partial charge in [0.1, 0.15) is 0 Å². The predicted octanol–water partition coefficient (Wildman–Crippen LogP) is 25.4. The van der Waals surface area contributed by atoms with Gasteiger partial charge in [-0.3, -0.25) is 0 Å². The summed E-state index contributed by atoms with van der Waals surface area (Å²) in [6.45, 7) is 14.0. The van der Waals surface area contributed by atoms with Crippen LogP contribution in [0.3, 0.4) is 0 Å². The van der Waals surface area contributed by atoms with E-state index in [-0.39, 0.29) is 13.5 Å². The van der Waals surface area contributed by atoms with Gasteiger partial charge in [0.2, 0.25) is 0 Å². The van der Waals surface area contributed by atoms with Gasteiger partial charge < -0.3 is 0 Å².